The summed E-state index contributed by atoms with van der Waals surface area (Å²) in [5.41, 5.74) is 3.15. The van der Waals surface area contributed by atoms with E-state index in [2.05, 4.69) is 27.9 Å². The van der Waals surface area contributed by atoms with Crippen molar-refractivity contribution in [1.82, 2.24) is 19.9 Å². The molecule has 5 rings (SSSR count). The van der Waals surface area contributed by atoms with Crippen molar-refractivity contribution in [3.63, 3.8) is 0 Å². The lowest BCUT2D eigenvalue weighted by Gasteiger charge is -2.30. The Balaban J connectivity index is 1.61. The Bertz CT molecular complexity index is 1170. The number of hydrogen-bond donors (Lipinski definition) is 1. The Hall–Kier alpha value is -2.98. The standard InChI is InChI=1S/C24H27N5O2/c1-15-10-18(8-9-31-15)29-22(12-23(30)27-17-4-2-3-5-17)28-21-14-26-20-7-6-16(13-25)11-19(20)24(21)29/h6-7,11,14-15,17-18H,2-5,8-10,12H2,1H3,(H,27,30)/t15-,18-/m1/s1. The number of nitrogens with one attached hydrogen (secondary N) is 1. The molecule has 1 saturated heterocycles. The van der Waals surface area contributed by atoms with Gasteiger partial charge in [-0.2, -0.15) is 5.26 Å². The van der Waals surface area contributed by atoms with Crippen molar-refractivity contribution in [2.75, 3.05) is 6.61 Å². The van der Waals surface area contributed by atoms with Gasteiger partial charge in [0.25, 0.3) is 0 Å². The zero-order chi connectivity index (χ0) is 21.4. The summed E-state index contributed by atoms with van der Waals surface area (Å²) in [5.74, 6) is 0.791. The number of amides is 1. The van der Waals surface area contributed by atoms with E-state index in [1.807, 2.05) is 12.1 Å². The summed E-state index contributed by atoms with van der Waals surface area (Å²) >= 11 is 0. The van der Waals surface area contributed by atoms with Gasteiger partial charge in [0.1, 0.15) is 11.3 Å². The summed E-state index contributed by atoms with van der Waals surface area (Å²) in [6.45, 7) is 2.77. The fourth-order valence-corrected chi connectivity index (χ4v) is 5.11. The Morgan fingerprint density at radius 1 is 1.29 bits per heavy atom. The molecule has 31 heavy (non-hydrogen) atoms. The molecule has 0 bridgehead atoms. The van der Waals surface area contributed by atoms with Gasteiger partial charge in [-0.15, -0.1) is 0 Å². The number of carbonyl (C=O) groups excluding carboxylic acids is 1. The van der Waals surface area contributed by atoms with Crippen molar-refractivity contribution in [3.05, 3.63) is 35.8 Å². The van der Waals surface area contributed by atoms with E-state index in [4.69, 9.17) is 9.72 Å². The van der Waals surface area contributed by atoms with Gasteiger partial charge in [0, 0.05) is 24.1 Å². The van der Waals surface area contributed by atoms with E-state index in [1.54, 1.807) is 12.3 Å². The van der Waals surface area contributed by atoms with Gasteiger partial charge in [-0.05, 0) is 50.8 Å². The maximum atomic E-state index is 12.9. The van der Waals surface area contributed by atoms with Crippen molar-refractivity contribution in [2.24, 2.45) is 0 Å². The number of fused-ring (bicyclic) bond motifs is 3. The molecule has 7 nitrogen and oxygen atoms in total. The summed E-state index contributed by atoms with van der Waals surface area (Å²) in [5, 5.41) is 13.5. The third kappa shape index (κ3) is 3.88. The molecule has 1 aliphatic carbocycles. The zero-order valence-corrected chi connectivity index (χ0v) is 17.8. The summed E-state index contributed by atoms with van der Waals surface area (Å²) in [7, 11) is 0. The van der Waals surface area contributed by atoms with Crippen molar-refractivity contribution in [3.8, 4) is 6.07 Å². The highest BCUT2D eigenvalue weighted by Gasteiger charge is 2.27. The molecular weight excluding hydrogens is 390 g/mol. The van der Waals surface area contributed by atoms with E-state index in [1.165, 1.54) is 12.8 Å². The quantitative estimate of drug-likeness (QED) is 0.697. The minimum Gasteiger partial charge on any atom is -0.378 e. The van der Waals surface area contributed by atoms with E-state index >= 15 is 0 Å². The van der Waals surface area contributed by atoms with Crippen LogP contribution in [0.5, 0.6) is 0 Å². The van der Waals surface area contributed by atoms with Crippen LogP contribution >= 0.6 is 0 Å². The lowest BCUT2D eigenvalue weighted by molar-refractivity contribution is -0.121. The van der Waals surface area contributed by atoms with Crippen LogP contribution in [0.4, 0.5) is 0 Å². The van der Waals surface area contributed by atoms with Crippen LogP contribution in [0.2, 0.25) is 0 Å². The molecule has 1 N–H and O–H groups in total. The Labute approximate surface area is 181 Å². The molecule has 1 saturated carbocycles. The third-order valence-electron chi connectivity index (χ3n) is 6.58. The molecule has 2 aliphatic rings. The lowest BCUT2D eigenvalue weighted by Crippen LogP contribution is -2.35. The SMILES string of the molecule is C[C@@H]1C[C@H](n2c(CC(=O)NC3CCCC3)nc3cnc4ccc(C#N)cc4c32)CCO1. The number of hydrogen-bond acceptors (Lipinski definition) is 5. The predicted octanol–water partition coefficient (Wildman–Crippen LogP) is 3.80. The van der Waals surface area contributed by atoms with Gasteiger partial charge in [-0.25, -0.2) is 4.98 Å². The first-order valence-corrected chi connectivity index (χ1v) is 11.2. The number of pyridine rings is 1. The fourth-order valence-electron chi connectivity index (χ4n) is 5.11. The highest BCUT2D eigenvalue weighted by atomic mass is 16.5. The molecule has 0 unspecified atom stereocenters. The average Bonchev–Trinajstić information content (AvgIpc) is 3.40. The van der Waals surface area contributed by atoms with E-state index < -0.39 is 0 Å². The third-order valence-corrected chi connectivity index (χ3v) is 6.58. The maximum Gasteiger partial charge on any atom is 0.227 e. The van der Waals surface area contributed by atoms with Gasteiger partial charge in [0.2, 0.25) is 5.91 Å². The van der Waals surface area contributed by atoms with Crippen LogP contribution in [0.1, 0.15) is 62.9 Å². The van der Waals surface area contributed by atoms with Gasteiger partial charge in [0.05, 0.1) is 41.4 Å². The smallest absolute Gasteiger partial charge is 0.227 e. The molecule has 2 fully saturated rings. The first kappa shape index (κ1) is 20.0. The Kier molecular flexibility index (Phi) is 5.33. The van der Waals surface area contributed by atoms with Gasteiger partial charge in [-0.1, -0.05) is 12.8 Å². The minimum atomic E-state index is 0.0264. The molecule has 2 atom stereocenters. The molecular formula is C24H27N5O2. The second kappa shape index (κ2) is 8.27. The molecule has 1 amide bonds. The summed E-state index contributed by atoms with van der Waals surface area (Å²) < 4.78 is 8.01. The molecule has 0 spiro atoms. The van der Waals surface area contributed by atoms with Crippen LogP contribution in [0, 0.1) is 11.3 Å². The number of rotatable bonds is 4. The van der Waals surface area contributed by atoms with Crippen LogP contribution in [-0.4, -0.2) is 39.2 Å². The molecule has 1 aliphatic heterocycles. The number of nitrogens with zero attached hydrogens (tertiary/aromatic N) is 4. The normalized spacial score (nSPS) is 22.1. The van der Waals surface area contributed by atoms with Crippen LogP contribution in [0.25, 0.3) is 21.9 Å². The summed E-state index contributed by atoms with van der Waals surface area (Å²) in [4.78, 5) is 22.3. The monoisotopic (exact) mass is 417 g/mol. The number of benzene rings is 1. The molecule has 160 valence electrons. The van der Waals surface area contributed by atoms with E-state index in [0.717, 1.165) is 53.4 Å². The van der Waals surface area contributed by atoms with Gasteiger partial charge < -0.3 is 14.6 Å². The van der Waals surface area contributed by atoms with E-state index in [-0.39, 0.29) is 30.5 Å². The molecule has 0 radical (unpaired) electrons. The fraction of sp³-hybridized carbons (Fsp3) is 0.500. The second-order valence-corrected chi connectivity index (χ2v) is 8.82. The number of imidazole rings is 1. The van der Waals surface area contributed by atoms with Crippen LogP contribution in [0.3, 0.4) is 0 Å². The second-order valence-electron chi connectivity index (χ2n) is 8.82. The maximum absolute atomic E-state index is 12.9. The van der Waals surface area contributed by atoms with Crippen molar-refractivity contribution >= 4 is 27.8 Å². The summed E-state index contributed by atoms with van der Waals surface area (Å²) in [6.07, 6.45) is 8.40. The lowest BCUT2D eigenvalue weighted by atomic mass is 10.0. The molecule has 7 heteroatoms. The van der Waals surface area contributed by atoms with E-state index in [0.29, 0.717) is 12.2 Å². The zero-order valence-electron chi connectivity index (χ0n) is 17.8. The molecule has 2 aromatic heterocycles. The Morgan fingerprint density at radius 2 is 2.13 bits per heavy atom. The molecule has 1 aromatic carbocycles. The van der Waals surface area contributed by atoms with Crippen molar-refractivity contribution < 1.29 is 9.53 Å². The molecule has 3 aromatic rings. The number of ether oxygens (including phenoxy) is 1. The highest BCUT2D eigenvalue weighted by Crippen LogP contribution is 2.34. The van der Waals surface area contributed by atoms with Gasteiger partial charge >= 0.3 is 0 Å². The van der Waals surface area contributed by atoms with Crippen LogP contribution < -0.4 is 5.32 Å². The van der Waals surface area contributed by atoms with E-state index in [9.17, 15) is 10.1 Å². The largest absolute Gasteiger partial charge is 0.378 e. The first-order chi connectivity index (χ1) is 15.1. The minimum absolute atomic E-state index is 0.0264. The molecule has 3 heterocycles. The highest BCUT2D eigenvalue weighted by molar-refractivity contribution is 6.03. The number of carbonyl (C=O) groups is 1. The predicted molar refractivity (Wildman–Crippen MR) is 118 cm³/mol. The average molecular weight is 418 g/mol. The van der Waals surface area contributed by atoms with Gasteiger partial charge in [0.15, 0.2) is 0 Å². The number of nitriles is 1. The Morgan fingerprint density at radius 3 is 2.90 bits per heavy atom. The van der Waals surface area contributed by atoms with Crippen molar-refractivity contribution in [2.45, 2.75) is 70.1 Å². The topological polar surface area (TPSA) is 92.8 Å². The van der Waals surface area contributed by atoms with Crippen LogP contribution in [0.15, 0.2) is 24.4 Å². The van der Waals surface area contributed by atoms with Gasteiger partial charge in [-0.3, -0.25) is 9.78 Å². The summed E-state index contributed by atoms with van der Waals surface area (Å²) in [6, 6.07) is 8.26. The van der Waals surface area contributed by atoms with Crippen LogP contribution in [-0.2, 0) is 16.0 Å². The first-order valence-electron chi connectivity index (χ1n) is 11.2. The number of aromatic nitrogens is 3. The van der Waals surface area contributed by atoms with Crippen molar-refractivity contribution in [1.29, 1.82) is 5.26 Å².